The van der Waals surface area contributed by atoms with Crippen molar-refractivity contribution in [2.45, 2.75) is 39.7 Å². The van der Waals surface area contributed by atoms with Gasteiger partial charge in [-0.2, -0.15) is 0 Å². The number of benzene rings is 2. The van der Waals surface area contributed by atoms with Crippen LogP contribution in [0.25, 0.3) is 0 Å². The molecule has 0 saturated carbocycles. The number of carbonyl (C=O) groups is 2. The van der Waals surface area contributed by atoms with E-state index in [9.17, 15) is 9.59 Å². The molecule has 25 heavy (non-hydrogen) atoms. The number of amides is 1. The minimum Gasteiger partial charge on any atom is -0.360 e. The summed E-state index contributed by atoms with van der Waals surface area (Å²) in [5.74, 6) is -0.0707. The number of fused-ring (bicyclic) bond motifs is 1. The molecule has 1 amide bonds. The Balaban J connectivity index is 1.78. The second-order valence-electron chi connectivity index (χ2n) is 6.73. The summed E-state index contributed by atoms with van der Waals surface area (Å²) < 4.78 is 0. The third-order valence-corrected chi connectivity index (χ3v) is 4.77. The molecule has 130 valence electrons. The van der Waals surface area contributed by atoms with Crippen molar-refractivity contribution in [3.05, 3.63) is 59.2 Å². The number of hydrogen-bond donors (Lipinski definition) is 1. The summed E-state index contributed by atoms with van der Waals surface area (Å²) in [6.07, 6.45) is 2.11. The van der Waals surface area contributed by atoms with E-state index in [1.807, 2.05) is 13.0 Å². The number of ketones is 1. The maximum Gasteiger partial charge on any atom is 0.246 e. The molecular formula is C21H24N2O2. The van der Waals surface area contributed by atoms with E-state index in [0.29, 0.717) is 11.3 Å². The quantitative estimate of drug-likeness (QED) is 0.859. The predicted molar refractivity (Wildman–Crippen MR) is 101 cm³/mol. The van der Waals surface area contributed by atoms with Crippen molar-refractivity contribution in [2.24, 2.45) is 0 Å². The van der Waals surface area contributed by atoms with Crippen LogP contribution in [0.15, 0.2) is 42.5 Å². The largest absolute Gasteiger partial charge is 0.360 e. The van der Waals surface area contributed by atoms with E-state index in [1.54, 1.807) is 18.2 Å². The molecule has 0 spiro atoms. The van der Waals surface area contributed by atoms with E-state index in [2.05, 4.69) is 35.3 Å². The van der Waals surface area contributed by atoms with Crippen LogP contribution in [-0.2, 0) is 11.2 Å². The summed E-state index contributed by atoms with van der Waals surface area (Å²) in [4.78, 5) is 26.4. The molecule has 4 heteroatoms. The highest BCUT2D eigenvalue weighted by atomic mass is 16.2. The number of rotatable bonds is 4. The first-order valence-electron chi connectivity index (χ1n) is 8.74. The highest BCUT2D eigenvalue weighted by Crippen LogP contribution is 2.29. The molecule has 2 aromatic rings. The molecule has 0 unspecified atom stereocenters. The lowest BCUT2D eigenvalue weighted by Gasteiger charge is -2.35. The molecule has 0 aromatic heterocycles. The summed E-state index contributed by atoms with van der Waals surface area (Å²) in [6, 6.07) is 13.2. The van der Waals surface area contributed by atoms with Gasteiger partial charge in [0.2, 0.25) is 5.91 Å². The van der Waals surface area contributed by atoms with Gasteiger partial charge in [-0.15, -0.1) is 0 Å². The smallest absolute Gasteiger partial charge is 0.246 e. The van der Waals surface area contributed by atoms with E-state index in [1.165, 1.54) is 18.1 Å². The average molecular weight is 336 g/mol. The van der Waals surface area contributed by atoms with Gasteiger partial charge in [-0.25, -0.2) is 0 Å². The number of hydrogen-bond acceptors (Lipinski definition) is 3. The standard InChI is InChI=1S/C21H24N2O2/c1-14-9-10-20-18(12-14)7-5-11-23(20)15(2)21(25)22-19-8-4-6-17(13-19)16(3)24/h4,6,8-10,12-13,15H,5,7,11H2,1-3H3,(H,22,25)/t15-/m1/s1. The number of anilines is 2. The van der Waals surface area contributed by atoms with Gasteiger partial charge in [0.1, 0.15) is 6.04 Å². The van der Waals surface area contributed by atoms with Crippen LogP contribution >= 0.6 is 0 Å². The summed E-state index contributed by atoms with van der Waals surface area (Å²) in [6.45, 7) is 6.42. The van der Waals surface area contributed by atoms with Gasteiger partial charge in [-0.1, -0.05) is 29.8 Å². The summed E-state index contributed by atoms with van der Waals surface area (Å²) >= 11 is 0. The molecular weight excluding hydrogens is 312 g/mol. The number of aryl methyl sites for hydroxylation is 2. The molecule has 1 aliphatic heterocycles. The van der Waals surface area contributed by atoms with Crippen LogP contribution in [-0.4, -0.2) is 24.3 Å². The van der Waals surface area contributed by atoms with Gasteiger partial charge in [-0.3, -0.25) is 9.59 Å². The Bertz CT molecular complexity index is 813. The van der Waals surface area contributed by atoms with Crippen LogP contribution in [0.4, 0.5) is 11.4 Å². The fourth-order valence-corrected chi connectivity index (χ4v) is 3.36. The van der Waals surface area contributed by atoms with Crippen molar-refractivity contribution >= 4 is 23.1 Å². The number of nitrogens with one attached hydrogen (secondary N) is 1. The van der Waals surface area contributed by atoms with Gasteiger partial charge >= 0.3 is 0 Å². The van der Waals surface area contributed by atoms with Crippen molar-refractivity contribution in [1.82, 2.24) is 0 Å². The molecule has 0 aliphatic carbocycles. The lowest BCUT2D eigenvalue weighted by Crippen LogP contribution is -2.44. The highest BCUT2D eigenvalue weighted by molar-refractivity contribution is 5.99. The first-order valence-corrected chi connectivity index (χ1v) is 8.74. The molecule has 1 atom stereocenters. The zero-order valence-corrected chi connectivity index (χ0v) is 15.0. The lowest BCUT2D eigenvalue weighted by atomic mass is 9.98. The van der Waals surface area contributed by atoms with E-state index in [-0.39, 0.29) is 17.7 Å². The van der Waals surface area contributed by atoms with E-state index in [0.717, 1.165) is 25.1 Å². The minimum absolute atomic E-state index is 0.00975. The zero-order valence-electron chi connectivity index (χ0n) is 15.0. The molecule has 0 fully saturated rings. The Morgan fingerprint density at radius 3 is 2.72 bits per heavy atom. The molecule has 4 nitrogen and oxygen atoms in total. The van der Waals surface area contributed by atoms with Crippen LogP contribution < -0.4 is 10.2 Å². The molecule has 1 heterocycles. The molecule has 1 N–H and O–H groups in total. The normalized spacial score (nSPS) is 14.6. The molecule has 0 radical (unpaired) electrons. The summed E-state index contributed by atoms with van der Waals surface area (Å²) in [7, 11) is 0. The number of Topliss-reactive ketones (excluding diaryl/α,β-unsaturated/α-hetero) is 1. The summed E-state index contributed by atoms with van der Waals surface area (Å²) in [5, 5.41) is 2.94. The fourth-order valence-electron chi connectivity index (χ4n) is 3.36. The maximum absolute atomic E-state index is 12.7. The second kappa shape index (κ2) is 7.09. The fraction of sp³-hybridized carbons (Fsp3) is 0.333. The monoisotopic (exact) mass is 336 g/mol. The van der Waals surface area contributed by atoms with Crippen molar-refractivity contribution in [1.29, 1.82) is 0 Å². The van der Waals surface area contributed by atoms with Crippen molar-refractivity contribution in [3.8, 4) is 0 Å². The van der Waals surface area contributed by atoms with Gasteiger partial charge in [0.15, 0.2) is 5.78 Å². The number of carbonyl (C=O) groups excluding carboxylic acids is 2. The molecule has 2 aromatic carbocycles. The predicted octanol–water partition coefficient (Wildman–Crippen LogP) is 3.98. The first kappa shape index (κ1) is 17.2. The number of nitrogens with zero attached hydrogens (tertiary/aromatic N) is 1. The van der Waals surface area contributed by atoms with Gasteiger partial charge in [-0.05, 0) is 57.4 Å². The van der Waals surface area contributed by atoms with Crippen LogP contribution in [0.1, 0.15) is 41.8 Å². The van der Waals surface area contributed by atoms with Crippen molar-refractivity contribution in [3.63, 3.8) is 0 Å². The van der Waals surface area contributed by atoms with E-state index in [4.69, 9.17) is 0 Å². The van der Waals surface area contributed by atoms with Gasteiger partial charge in [0, 0.05) is 23.5 Å². The van der Waals surface area contributed by atoms with E-state index < -0.39 is 0 Å². The second-order valence-corrected chi connectivity index (χ2v) is 6.73. The summed E-state index contributed by atoms with van der Waals surface area (Å²) in [5.41, 5.74) is 4.97. The van der Waals surface area contributed by atoms with Gasteiger partial charge in [0.25, 0.3) is 0 Å². The Morgan fingerprint density at radius 2 is 1.96 bits per heavy atom. The minimum atomic E-state index is -0.275. The molecule has 0 bridgehead atoms. The molecule has 0 saturated heterocycles. The Labute approximate surface area is 148 Å². The van der Waals surface area contributed by atoms with Gasteiger partial charge < -0.3 is 10.2 Å². The van der Waals surface area contributed by atoms with Crippen LogP contribution in [0.2, 0.25) is 0 Å². The van der Waals surface area contributed by atoms with Crippen LogP contribution in [0.5, 0.6) is 0 Å². The first-order chi connectivity index (χ1) is 12.0. The van der Waals surface area contributed by atoms with Crippen molar-refractivity contribution < 1.29 is 9.59 Å². The Hall–Kier alpha value is -2.62. The zero-order chi connectivity index (χ0) is 18.0. The third kappa shape index (κ3) is 3.73. The molecule has 3 rings (SSSR count). The van der Waals surface area contributed by atoms with E-state index >= 15 is 0 Å². The lowest BCUT2D eigenvalue weighted by molar-refractivity contribution is -0.117. The van der Waals surface area contributed by atoms with Crippen LogP contribution in [0.3, 0.4) is 0 Å². The Kier molecular flexibility index (Phi) is 4.88. The third-order valence-electron chi connectivity index (χ3n) is 4.77. The van der Waals surface area contributed by atoms with Crippen LogP contribution in [0, 0.1) is 6.92 Å². The SMILES string of the molecule is CC(=O)c1cccc(NC(=O)[C@@H](C)N2CCCc3cc(C)ccc32)c1. The van der Waals surface area contributed by atoms with Gasteiger partial charge in [0.05, 0.1) is 0 Å². The Morgan fingerprint density at radius 1 is 1.16 bits per heavy atom. The average Bonchev–Trinajstić information content (AvgIpc) is 2.60. The molecule has 1 aliphatic rings. The van der Waals surface area contributed by atoms with Crippen molar-refractivity contribution in [2.75, 3.05) is 16.8 Å². The topological polar surface area (TPSA) is 49.4 Å². The maximum atomic E-state index is 12.7. The highest BCUT2D eigenvalue weighted by Gasteiger charge is 2.26.